The first-order valence-corrected chi connectivity index (χ1v) is 11.0. The summed E-state index contributed by atoms with van der Waals surface area (Å²) < 4.78 is 33.9. The van der Waals surface area contributed by atoms with Crippen molar-refractivity contribution in [2.75, 3.05) is 7.11 Å². The van der Waals surface area contributed by atoms with Gasteiger partial charge in [-0.25, -0.2) is 8.78 Å². The molecule has 1 N–H and O–H groups in total. The first-order chi connectivity index (χ1) is 13.6. The number of aliphatic hydroxyl groups is 1. The van der Waals surface area contributed by atoms with Crippen molar-refractivity contribution in [2.24, 2.45) is 17.3 Å². The maximum absolute atomic E-state index is 14.7. The number of hydrogen-bond donors (Lipinski definition) is 1. The van der Waals surface area contributed by atoms with E-state index in [1.54, 1.807) is 13.0 Å². The molecular weight excluding hydrogens is 378 g/mol. The largest absolute Gasteiger partial charge is 0.469 e. The Morgan fingerprint density at radius 2 is 2.00 bits per heavy atom. The number of hydrogen-bond acceptors (Lipinski definition) is 4. The van der Waals surface area contributed by atoms with E-state index >= 15 is 0 Å². The van der Waals surface area contributed by atoms with Crippen molar-refractivity contribution in [3.8, 4) is 0 Å². The predicted molar refractivity (Wildman–Crippen MR) is 108 cm³/mol. The Balaban J connectivity index is 1.93. The third kappa shape index (κ3) is 5.25. The van der Waals surface area contributed by atoms with E-state index in [0.29, 0.717) is 38.5 Å². The second kappa shape index (κ2) is 9.67. The Morgan fingerprint density at radius 3 is 2.66 bits per heavy atom. The van der Waals surface area contributed by atoms with Gasteiger partial charge in [-0.05, 0) is 45.4 Å². The fourth-order valence-corrected chi connectivity index (χ4v) is 5.00. The molecule has 0 bridgehead atoms. The number of unbranched alkanes of at least 4 members (excludes halogenated alkanes) is 3. The van der Waals surface area contributed by atoms with Crippen LogP contribution < -0.4 is 0 Å². The normalized spacial score (nSPS) is 29.7. The van der Waals surface area contributed by atoms with E-state index in [1.165, 1.54) is 7.11 Å². The monoisotopic (exact) mass is 414 g/mol. The van der Waals surface area contributed by atoms with Crippen LogP contribution in [0.1, 0.15) is 84.5 Å². The quantitative estimate of drug-likeness (QED) is 0.255. The van der Waals surface area contributed by atoms with Gasteiger partial charge in [0.2, 0.25) is 0 Å². The van der Waals surface area contributed by atoms with Crippen LogP contribution in [-0.2, 0) is 14.3 Å². The van der Waals surface area contributed by atoms with Crippen LogP contribution in [0.15, 0.2) is 12.2 Å². The van der Waals surface area contributed by atoms with Gasteiger partial charge >= 0.3 is 5.97 Å². The second-order valence-corrected chi connectivity index (χ2v) is 9.07. The SMILES string of the molecule is CCCCCC(C)(O)CC[C@]12[C@@H](CC=CCCCC(=O)OC)C(=O)C[C@H]1C2(F)F. The van der Waals surface area contributed by atoms with Crippen LogP contribution in [0.25, 0.3) is 0 Å². The van der Waals surface area contributed by atoms with Crippen molar-refractivity contribution >= 4 is 11.8 Å². The van der Waals surface area contributed by atoms with Crippen LogP contribution in [-0.4, -0.2) is 35.5 Å². The topological polar surface area (TPSA) is 63.6 Å². The van der Waals surface area contributed by atoms with Crippen LogP contribution in [0.4, 0.5) is 8.78 Å². The molecule has 0 amide bonds. The number of carbonyl (C=O) groups excluding carboxylic acids is 2. The summed E-state index contributed by atoms with van der Waals surface area (Å²) in [6.45, 7) is 3.81. The van der Waals surface area contributed by atoms with Crippen LogP contribution in [0, 0.1) is 17.3 Å². The summed E-state index contributed by atoms with van der Waals surface area (Å²) in [4.78, 5) is 23.5. The summed E-state index contributed by atoms with van der Waals surface area (Å²) in [6.07, 6.45) is 9.56. The Hall–Kier alpha value is -1.30. The molecule has 166 valence electrons. The van der Waals surface area contributed by atoms with E-state index in [0.717, 1.165) is 19.3 Å². The summed E-state index contributed by atoms with van der Waals surface area (Å²) >= 11 is 0. The van der Waals surface area contributed by atoms with Gasteiger partial charge in [0.1, 0.15) is 5.78 Å². The third-order valence-electron chi connectivity index (χ3n) is 6.93. The molecule has 4 atom stereocenters. The van der Waals surface area contributed by atoms with Gasteiger partial charge in [-0.2, -0.15) is 0 Å². The number of carbonyl (C=O) groups is 2. The number of esters is 1. The predicted octanol–water partition coefficient (Wildman–Crippen LogP) is 5.23. The zero-order valence-corrected chi connectivity index (χ0v) is 18.0. The highest BCUT2D eigenvalue weighted by atomic mass is 19.3. The van der Waals surface area contributed by atoms with Crippen molar-refractivity contribution in [2.45, 2.75) is 96.0 Å². The molecule has 0 aromatic rings. The number of Topliss-reactive ketones (excluding diaryl/α,β-unsaturated/α-hetero) is 1. The smallest absolute Gasteiger partial charge is 0.305 e. The minimum absolute atomic E-state index is 0.0498. The number of fused-ring (bicyclic) bond motifs is 1. The Bertz CT molecular complexity index is 614. The first-order valence-electron chi connectivity index (χ1n) is 11.0. The zero-order valence-electron chi connectivity index (χ0n) is 18.0. The van der Waals surface area contributed by atoms with E-state index in [1.807, 2.05) is 6.08 Å². The minimum Gasteiger partial charge on any atom is -0.469 e. The number of ketones is 1. The summed E-state index contributed by atoms with van der Waals surface area (Å²) in [5.41, 5.74) is -2.25. The lowest BCUT2D eigenvalue weighted by Gasteiger charge is -2.28. The van der Waals surface area contributed by atoms with E-state index < -0.39 is 28.8 Å². The van der Waals surface area contributed by atoms with Gasteiger partial charge in [0.15, 0.2) is 0 Å². The standard InChI is InChI=1S/C23H36F2O4/c1-4-5-10-13-21(2,28)14-15-22-17(18(26)16-19(22)23(22,24)25)11-8-6-7-9-12-20(27)29-3/h6,8,17,19,28H,4-5,7,9-16H2,1-3H3/t17-,19+,21?,22-/m0/s1. The fraction of sp³-hybridized carbons (Fsp3) is 0.826. The van der Waals surface area contributed by atoms with Gasteiger partial charge in [0.25, 0.3) is 5.92 Å². The molecule has 2 rings (SSSR count). The zero-order chi connectivity index (χ0) is 21.7. The molecule has 4 nitrogen and oxygen atoms in total. The van der Waals surface area contributed by atoms with Gasteiger partial charge in [-0.1, -0.05) is 38.3 Å². The summed E-state index contributed by atoms with van der Waals surface area (Å²) in [5.74, 6) is -4.71. The minimum atomic E-state index is -2.82. The van der Waals surface area contributed by atoms with Crippen LogP contribution >= 0.6 is 0 Å². The average molecular weight is 415 g/mol. The molecule has 6 heteroatoms. The number of methoxy groups -OCH3 is 1. The number of ether oxygens (including phenoxy) is 1. The fourth-order valence-electron chi connectivity index (χ4n) is 5.00. The van der Waals surface area contributed by atoms with Crippen molar-refractivity contribution in [1.29, 1.82) is 0 Å². The molecule has 0 saturated heterocycles. The van der Waals surface area contributed by atoms with E-state index in [-0.39, 0.29) is 24.6 Å². The highest BCUT2D eigenvalue weighted by molar-refractivity contribution is 5.87. The summed E-state index contributed by atoms with van der Waals surface area (Å²) in [7, 11) is 1.34. The molecule has 2 saturated carbocycles. The van der Waals surface area contributed by atoms with Gasteiger partial charge in [0, 0.05) is 24.7 Å². The van der Waals surface area contributed by atoms with Crippen molar-refractivity contribution in [1.82, 2.24) is 0 Å². The second-order valence-electron chi connectivity index (χ2n) is 9.07. The van der Waals surface area contributed by atoms with E-state index in [2.05, 4.69) is 11.7 Å². The Labute approximate surface area is 173 Å². The lowest BCUT2D eigenvalue weighted by atomic mass is 9.79. The van der Waals surface area contributed by atoms with Crippen molar-refractivity contribution in [3.05, 3.63) is 12.2 Å². The molecule has 0 aliphatic heterocycles. The molecule has 0 spiro atoms. The Morgan fingerprint density at radius 1 is 1.28 bits per heavy atom. The van der Waals surface area contributed by atoms with Gasteiger partial charge < -0.3 is 9.84 Å². The van der Waals surface area contributed by atoms with Gasteiger partial charge in [-0.15, -0.1) is 0 Å². The van der Waals surface area contributed by atoms with E-state index in [9.17, 15) is 23.5 Å². The van der Waals surface area contributed by atoms with E-state index in [4.69, 9.17) is 0 Å². The lowest BCUT2D eigenvalue weighted by Crippen LogP contribution is -2.31. The Kier molecular flexibility index (Phi) is 8.00. The van der Waals surface area contributed by atoms with Crippen LogP contribution in [0.5, 0.6) is 0 Å². The third-order valence-corrected chi connectivity index (χ3v) is 6.93. The number of alkyl halides is 2. The molecule has 2 aliphatic rings. The molecule has 0 heterocycles. The number of allylic oxidation sites excluding steroid dienone is 2. The molecule has 2 fully saturated rings. The first kappa shape index (κ1) is 24.0. The summed E-state index contributed by atoms with van der Waals surface area (Å²) in [6, 6.07) is 0. The maximum Gasteiger partial charge on any atom is 0.305 e. The van der Waals surface area contributed by atoms with Crippen molar-refractivity contribution < 1.29 is 28.2 Å². The molecule has 29 heavy (non-hydrogen) atoms. The van der Waals surface area contributed by atoms with Crippen molar-refractivity contribution in [3.63, 3.8) is 0 Å². The average Bonchev–Trinajstić information content (AvgIpc) is 2.95. The molecular formula is C23H36F2O4. The molecule has 2 aliphatic carbocycles. The maximum atomic E-state index is 14.7. The molecule has 0 aromatic heterocycles. The molecule has 1 unspecified atom stereocenters. The van der Waals surface area contributed by atoms with Crippen LogP contribution in [0.2, 0.25) is 0 Å². The summed E-state index contributed by atoms with van der Waals surface area (Å²) in [5, 5.41) is 10.6. The molecule has 0 radical (unpaired) electrons. The van der Waals surface area contributed by atoms with Crippen LogP contribution in [0.3, 0.4) is 0 Å². The van der Waals surface area contributed by atoms with Gasteiger partial charge in [0.05, 0.1) is 18.1 Å². The van der Waals surface area contributed by atoms with Gasteiger partial charge in [-0.3, -0.25) is 9.59 Å². The lowest BCUT2D eigenvalue weighted by molar-refractivity contribution is -0.140. The highest BCUT2D eigenvalue weighted by Crippen LogP contribution is 2.77. The number of rotatable bonds is 13. The number of halogens is 2. The molecule has 0 aromatic carbocycles. The highest BCUT2D eigenvalue weighted by Gasteiger charge is 2.86.